The molecule has 138 valence electrons. The Morgan fingerprint density at radius 3 is 2.27 bits per heavy atom. The van der Waals surface area contributed by atoms with Crippen LogP contribution >= 0.6 is 12.4 Å². The van der Waals surface area contributed by atoms with Crippen LogP contribution in [0.3, 0.4) is 0 Å². The van der Waals surface area contributed by atoms with E-state index < -0.39 is 0 Å². The minimum Gasteiger partial charge on any atom is -0.398 e. The largest absolute Gasteiger partial charge is 0.398 e. The summed E-state index contributed by atoms with van der Waals surface area (Å²) < 4.78 is 0. The third-order valence-electron chi connectivity index (χ3n) is 4.65. The molecule has 0 radical (unpaired) electrons. The van der Waals surface area contributed by atoms with E-state index in [9.17, 15) is 9.59 Å². The van der Waals surface area contributed by atoms with Gasteiger partial charge in [-0.1, -0.05) is 42.5 Å². The summed E-state index contributed by atoms with van der Waals surface area (Å²) in [6, 6.07) is 17.0. The highest BCUT2D eigenvalue weighted by Crippen LogP contribution is 2.21. The molecular weight excluding hydrogens is 350 g/mol. The Hall–Kier alpha value is -2.53. The van der Waals surface area contributed by atoms with E-state index in [4.69, 9.17) is 5.73 Å². The molecular formula is C20H24ClN3O2. The molecule has 2 amide bonds. The van der Waals surface area contributed by atoms with Gasteiger partial charge < -0.3 is 16.0 Å². The van der Waals surface area contributed by atoms with Gasteiger partial charge in [0.25, 0.3) is 5.91 Å². The number of para-hydroxylation sites is 1. The van der Waals surface area contributed by atoms with Crippen molar-refractivity contribution >= 4 is 29.9 Å². The summed E-state index contributed by atoms with van der Waals surface area (Å²) >= 11 is 0. The van der Waals surface area contributed by atoms with Gasteiger partial charge in [0, 0.05) is 31.2 Å². The number of halogens is 1. The molecule has 1 heterocycles. The maximum atomic E-state index is 12.6. The lowest BCUT2D eigenvalue weighted by atomic mass is 9.95. The number of likely N-dealkylation sites (tertiary alicyclic amines) is 1. The van der Waals surface area contributed by atoms with Crippen molar-refractivity contribution < 1.29 is 9.59 Å². The van der Waals surface area contributed by atoms with Gasteiger partial charge in [0.15, 0.2) is 0 Å². The van der Waals surface area contributed by atoms with E-state index in [2.05, 4.69) is 5.32 Å². The van der Waals surface area contributed by atoms with E-state index in [1.807, 2.05) is 42.5 Å². The second kappa shape index (κ2) is 9.25. The summed E-state index contributed by atoms with van der Waals surface area (Å²) in [5.74, 6) is -0.0303. The lowest BCUT2D eigenvalue weighted by molar-refractivity contribution is -0.126. The van der Waals surface area contributed by atoms with Crippen LogP contribution in [0.4, 0.5) is 5.69 Å². The first-order valence-electron chi connectivity index (χ1n) is 8.60. The zero-order valence-electron chi connectivity index (χ0n) is 14.6. The van der Waals surface area contributed by atoms with Crippen LogP contribution in [0.15, 0.2) is 54.6 Å². The summed E-state index contributed by atoms with van der Waals surface area (Å²) in [5.41, 5.74) is 8.01. The number of nitrogen functional groups attached to an aromatic ring is 1. The van der Waals surface area contributed by atoms with Gasteiger partial charge in [0.2, 0.25) is 5.91 Å². The number of benzene rings is 2. The van der Waals surface area contributed by atoms with Crippen molar-refractivity contribution in [1.82, 2.24) is 10.2 Å². The van der Waals surface area contributed by atoms with Crippen molar-refractivity contribution in [3.63, 3.8) is 0 Å². The molecule has 3 N–H and O–H groups in total. The van der Waals surface area contributed by atoms with Crippen molar-refractivity contribution in [2.75, 3.05) is 18.8 Å². The van der Waals surface area contributed by atoms with Gasteiger partial charge in [-0.3, -0.25) is 9.59 Å². The van der Waals surface area contributed by atoms with Gasteiger partial charge in [-0.15, -0.1) is 12.4 Å². The van der Waals surface area contributed by atoms with Crippen molar-refractivity contribution in [3.05, 3.63) is 65.7 Å². The summed E-state index contributed by atoms with van der Waals surface area (Å²) in [6.07, 6.45) is 1.36. The third-order valence-corrected chi connectivity index (χ3v) is 4.65. The predicted octanol–water partition coefficient (Wildman–Crippen LogP) is 2.86. The van der Waals surface area contributed by atoms with Crippen molar-refractivity contribution in [2.24, 2.45) is 5.92 Å². The topological polar surface area (TPSA) is 75.4 Å². The molecule has 5 nitrogen and oxygen atoms in total. The molecule has 3 rings (SSSR count). The number of anilines is 1. The molecule has 26 heavy (non-hydrogen) atoms. The van der Waals surface area contributed by atoms with E-state index in [-0.39, 0.29) is 30.1 Å². The summed E-state index contributed by atoms with van der Waals surface area (Å²) in [5, 5.41) is 2.99. The zero-order chi connectivity index (χ0) is 17.6. The first kappa shape index (κ1) is 19.8. The SMILES string of the molecule is Cl.Nc1ccccc1C(=O)N1CCC(C(=O)NCc2ccccc2)CC1. The molecule has 0 atom stereocenters. The Kier molecular flexibility index (Phi) is 7.04. The number of amides is 2. The van der Waals surface area contributed by atoms with E-state index >= 15 is 0 Å². The number of carbonyl (C=O) groups excluding carboxylic acids is 2. The first-order valence-corrected chi connectivity index (χ1v) is 8.60. The monoisotopic (exact) mass is 373 g/mol. The van der Waals surface area contributed by atoms with Crippen LogP contribution < -0.4 is 11.1 Å². The molecule has 0 unspecified atom stereocenters. The molecule has 6 heteroatoms. The predicted molar refractivity (Wildman–Crippen MR) is 105 cm³/mol. The maximum Gasteiger partial charge on any atom is 0.255 e. The quantitative estimate of drug-likeness (QED) is 0.809. The fourth-order valence-electron chi connectivity index (χ4n) is 3.14. The van der Waals surface area contributed by atoms with Crippen LogP contribution in [0.5, 0.6) is 0 Å². The molecule has 2 aromatic carbocycles. The van der Waals surface area contributed by atoms with Gasteiger partial charge in [-0.05, 0) is 30.5 Å². The molecule has 1 aliphatic heterocycles. The van der Waals surface area contributed by atoms with E-state index in [1.54, 1.807) is 17.0 Å². The van der Waals surface area contributed by atoms with E-state index in [0.29, 0.717) is 43.7 Å². The molecule has 2 aromatic rings. The highest BCUT2D eigenvalue weighted by Gasteiger charge is 2.28. The van der Waals surface area contributed by atoms with E-state index in [0.717, 1.165) is 5.56 Å². The lowest BCUT2D eigenvalue weighted by Crippen LogP contribution is -2.43. The number of nitrogens with two attached hydrogens (primary N) is 1. The van der Waals surface area contributed by atoms with Crippen molar-refractivity contribution in [3.8, 4) is 0 Å². The van der Waals surface area contributed by atoms with Gasteiger partial charge in [-0.25, -0.2) is 0 Å². The average Bonchev–Trinajstić information content (AvgIpc) is 2.67. The lowest BCUT2D eigenvalue weighted by Gasteiger charge is -2.31. The van der Waals surface area contributed by atoms with Crippen LogP contribution in [0.2, 0.25) is 0 Å². The van der Waals surface area contributed by atoms with Gasteiger partial charge in [0.1, 0.15) is 0 Å². The van der Waals surface area contributed by atoms with Gasteiger partial charge in [-0.2, -0.15) is 0 Å². The molecule has 1 saturated heterocycles. The number of piperidine rings is 1. The third kappa shape index (κ3) is 4.76. The number of hydrogen-bond donors (Lipinski definition) is 2. The van der Waals surface area contributed by atoms with Crippen LogP contribution in [0.1, 0.15) is 28.8 Å². The highest BCUT2D eigenvalue weighted by molar-refractivity contribution is 5.99. The average molecular weight is 374 g/mol. The van der Waals surface area contributed by atoms with E-state index in [1.165, 1.54) is 0 Å². The molecule has 0 saturated carbocycles. The second-order valence-electron chi connectivity index (χ2n) is 6.36. The van der Waals surface area contributed by atoms with Crippen LogP contribution in [-0.4, -0.2) is 29.8 Å². The normalized spacial score (nSPS) is 14.4. The number of rotatable bonds is 4. The summed E-state index contributed by atoms with van der Waals surface area (Å²) in [6.45, 7) is 1.70. The molecule has 0 aliphatic carbocycles. The number of nitrogens with one attached hydrogen (secondary N) is 1. The molecule has 0 spiro atoms. The van der Waals surface area contributed by atoms with Crippen molar-refractivity contribution in [2.45, 2.75) is 19.4 Å². The Morgan fingerprint density at radius 2 is 1.62 bits per heavy atom. The fourth-order valence-corrected chi connectivity index (χ4v) is 3.14. The zero-order valence-corrected chi connectivity index (χ0v) is 15.4. The highest BCUT2D eigenvalue weighted by atomic mass is 35.5. The molecule has 0 aromatic heterocycles. The Bertz CT molecular complexity index is 744. The first-order chi connectivity index (χ1) is 12.1. The Labute approximate surface area is 160 Å². The standard InChI is InChI=1S/C20H23N3O2.ClH/c21-18-9-5-4-8-17(18)20(25)23-12-10-16(11-13-23)19(24)22-14-15-6-2-1-3-7-15;/h1-9,16H,10-14,21H2,(H,22,24);1H. The van der Waals surface area contributed by atoms with Gasteiger partial charge in [0.05, 0.1) is 5.56 Å². The Morgan fingerprint density at radius 1 is 1.00 bits per heavy atom. The van der Waals surface area contributed by atoms with Crippen LogP contribution in [-0.2, 0) is 11.3 Å². The number of carbonyl (C=O) groups is 2. The van der Waals surface area contributed by atoms with Crippen LogP contribution in [0.25, 0.3) is 0 Å². The van der Waals surface area contributed by atoms with Crippen molar-refractivity contribution in [1.29, 1.82) is 0 Å². The summed E-state index contributed by atoms with van der Waals surface area (Å²) in [7, 11) is 0. The molecule has 1 fully saturated rings. The number of hydrogen-bond acceptors (Lipinski definition) is 3. The van der Waals surface area contributed by atoms with Crippen LogP contribution in [0, 0.1) is 5.92 Å². The molecule has 1 aliphatic rings. The summed E-state index contributed by atoms with van der Waals surface area (Å²) in [4.78, 5) is 26.7. The Balaban J connectivity index is 0.00000243. The minimum absolute atomic E-state index is 0. The smallest absolute Gasteiger partial charge is 0.255 e. The minimum atomic E-state index is -0.0544. The fraction of sp³-hybridized carbons (Fsp3) is 0.300. The number of nitrogens with zero attached hydrogens (tertiary/aromatic N) is 1. The maximum absolute atomic E-state index is 12.6. The second-order valence-corrected chi connectivity index (χ2v) is 6.36. The van der Waals surface area contributed by atoms with Gasteiger partial charge >= 0.3 is 0 Å². The molecule has 0 bridgehead atoms.